The van der Waals surface area contributed by atoms with E-state index in [0.29, 0.717) is 25.3 Å². The Kier molecular flexibility index (Phi) is 8.70. The number of ether oxygens (including phenoxy) is 1. The standard InChI is InChI=1S/C17H25N3O2/c1-3-4-11-22-12-5-10-19-17(21)20(2)14-16-8-6-15(13-18)7-9-16/h6-9H,3-5,10-12,14H2,1-2H3,(H,19,21). The van der Waals surface area contributed by atoms with Crippen LogP contribution < -0.4 is 5.32 Å². The van der Waals surface area contributed by atoms with E-state index < -0.39 is 0 Å². The van der Waals surface area contributed by atoms with Gasteiger partial charge in [-0.05, 0) is 30.5 Å². The first-order valence-corrected chi connectivity index (χ1v) is 7.73. The molecule has 0 aliphatic rings. The molecule has 5 nitrogen and oxygen atoms in total. The lowest BCUT2D eigenvalue weighted by Gasteiger charge is -2.18. The molecule has 1 aromatic rings. The Morgan fingerprint density at radius 3 is 2.59 bits per heavy atom. The fourth-order valence-electron chi connectivity index (χ4n) is 1.88. The van der Waals surface area contributed by atoms with Crippen LogP contribution >= 0.6 is 0 Å². The molecular weight excluding hydrogens is 278 g/mol. The number of benzene rings is 1. The van der Waals surface area contributed by atoms with Gasteiger partial charge >= 0.3 is 6.03 Å². The zero-order chi connectivity index (χ0) is 16.2. The van der Waals surface area contributed by atoms with E-state index in [9.17, 15) is 4.79 Å². The predicted molar refractivity (Wildman–Crippen MR) is 86.4 cm³/mol. The molecule has 0 saturated carbocycles. The van der Waals surface area contributed by atoms with Crippen molar-refractivity contribution in [3.63, 3.8) is 0 Å². The third-order valence-electron chi connectivity index (χ3n) is 3.23. The molecule has 0 fully saturated rings. The predicted octanol–water partition coefficient (Wildman–Crippen LogP) is 2.91. The Hall–Kier alpha value is -2.06. The van der Waals surface area contributed by atoms with E-state index in [2.05, 4.69) is 18.3 Å². The van der Waals surface area contributed by atoms with Crippen LogP contribution in [0.25, 0.3) is 0 Å². The Morgan fingerprint density at radius 2 is 1.95 bits per heavy atom. The van der Waals surface area contributed by atoms with Gasteiger partial charge in [0.2, 0.25) is 0 Å². The molecule has 0 saturated heterocycles. The number of rotatable bonds is 9. The fourth-order valence-corrected chi connectivity index (χ4v) is 1.88. The van der Waals surface area contributed by atoms with Gasteiger partial charge in [0.25, 0.3) is 0 Å². The summed E-state index contributed by atoms with van der Waals surface area (Å²) in [4.78, 5) is 13.6. The van der Waals surface area contributed by atoms with Crippen LogP contribution in [0.2, 0.25) is 0 Å². The van der Waals surface area contributed by atoms with Crippen molar-refractivity contribution in [2.45, 2.75) is 32.7 Å². The summed E-state index contributed by atoms with van der Waals surface area (Å²) in [5.74, 6) is 0. The number of nitriles is 1. The highest BCUT2D eigenvalue weighted by Gasteiger charge is 2.08. The summed E-state index contributed by atoms with van der Waals surface area (Å²) in [5.41, 5.74) is 1.62. The summed E-state index contributed by atoms with van der Waals surface area (Å²) in [6.07, 6.45) is 3.04. The van der Waals surface area contributed by atoms with Gasteiger partial charge in [-0.2, -0.15) is 5.26 Å². The Labute approximate surface area is 132 Å². The smallest absolute Gasteiger partial charge is 0.317 e. The molecule has 0 radical (unpaired) electrons. The Morgan fingerprint density at radius 1 is 1.27 bits per heavy atom. The van der Waals surface area contributed by atoms with Gasteiger partial charge in [0.15, 0.2) is 0 Å². The second-order valence-corrected chi connectivity index (χ2v) is 5.22. The second kappa shape index (κ2) is 10.6. The maximum absolute atomic E-state index is 11.9. The van der Waals surface area contributed by atoms with Gasteiger partial charge in [-0.25, -0.2) is 4.79 Å². The number of urea groups is 1. The van der Waals surface area contributed by atoms with Gasteiger partial charge in [0.05, 0.1) is 11.6 Å². The maximum Gasteiger partial charge on any atom is 0.317 e. The maximum atomic E-state index is 11.9. The zero-order valence-corrected chi connectivity index (χ0v) is 13.5. The van der Waals surface area contributed by atoms with Crippen LogP contribution in [0, 0.1) is 11.3 Å². The summed E-state index contributed by atoms with van der Waals surface area (Å²) in [6, 6.07) is 9.23. The van der Waals surface area contributed by atoms with E-state index in [1.165, 1.54) is 0 Å². The van der Waals surface area contributed by atoms with Crippen molar-refractivity contribution >= 4 is 6.03 Å². The number of nitrogens with one attached hydrogen (secondary N) is 1. The van der Waals surface area contributed by atoms with Crippen LogP contribution in [0.5, 0.6) is 0 Å². The lowest BCUT2D eigenvalue weighted by atomic mass is 10.1. The number of carbonyl (C=O) groups excluding carboxylic acids is 1. The van der Waals surface area contributed by atoms with Crippen LogP contribution in [-0.4, -0.2) is 37.7 Å². The summed E-state index contributed by atoms with van der Waals surface area (Å²) in [7, 11) is 1.76. The molecule has 0 aromatic heterocycles. The SMILES string of the molecule is CCCCOCCCNC(=O)N(C)Cc1ccc(C#N)cc1. The van der Waals surface area contributed by atoms with Crippen LogP contribution in [-0.2, 0) is 11.3 Å². The Balaban J connectivity index is 2.20. The summed E-state index contributed by atoms with van der Waals surface area (Å²) < 4.78 is 5.44. The molecule has 120 valence electrons. The summed E-state index contributed by atoms with van der Waals surface area (Å²) in [6.45, 7) is 4.74. The number of hydrogen-bond donors (Lipinski definition) is 1. The van der Waals surface area contributed by atoms with E-state index in [-0.39, 0.29) is 6.03 Å². The van der Waals surface area contributed by atoms with Crippen LogP contribution in [0.1, 0.15) is 37.3 Å². The van der Waals surface area contributed by atoms with E-state index in [4.69, 9.17) is 10.00 Å². The lowest BCUT2D eigenvalue weighted by molar-refractivity contribution is 0.128. The number of nitrogens with zero attached hydrogens (tertiary/aromatic N) is 2. The molecule has 1 aromatic carbocycles. The van der Waals surface area contributed by atoms with E-state index >= 15 is 0 Å². The van der Waals surface area contributed by atoms with Crippen LogP contribution in [0.15, 0.2) is 24.3 Å². The van der Waals surface area contributed by atoms with Gasteiger partial charge in [0, 0.05) is 33.4 Å². The van der Waals surface area contributed by atoms with Gasteiger partial charge in [-0.15, -0.1) is 0 Å². The zero-order valence-electron chi connectivity index (χ0n) is 13.5. The molecule has 0 unspecified atom stereocenters. The molecular formula is C17H25N3O2. The first-order valence-electron chi connectivity index (χ1n) is 7.73. The molecule has 1 rings (SSSR count). The Bertz CT molecular complexity index is 480. The van der Waals surface area contributed by atoms with E-state index in [0.717, 1.165) is 31.4 Å². The van der Waals surface area contributed by atoms with Gasteiger partial charge < -0.3 is 15.0 Å². The van der Waals surface area contributed by atoms with Crippen molar-refractivity contribution in [2.75, 3.05) is 26.8 Å². The second-order valence-electron chi connectivity index (χ2n) is 5.22. The number of carbonyl (C=O) groups is 1. The molecule has 0 heterocycles. The number of unbranched alkanes of at least 4 members (excludes halogenated alkanes) is 1. The molecule has 1 N–H and O–H groups in total. The van der Waals surface area contributed by atoms with Crippen LogP contribution in [0.3, 0.4) is 0 Å². The highest BCUT2D eigenvalue weighted by Crippen LogP contribution is 2.06. The lowest BCUT2D eigenvalue weighted by Crippen LogP contribution is -2.37. The molecule has 22 heavy (non-hydrogen) atoms. The topological polar surface area (TPSA) is 65.4 Å². The third kappa shape index (κ3) is 7.09. The van der Waals surface area contributed by atoms with Crippen molar-refractivity contribution in [1.82, 2.24) is 10.2 Å². The minimum absolute atomic E-state index is 0.0992. The highest BCUT2D eigenvalue weighted by atomic mass is 16.5. The molecule has 0 aliphatic heterocycles. The molecule has 0 spiro atoms. The molecule has 0 bridgehead atoms. The number of amides is 2. The van der Waals surface area contributed by atoms with Crippen LogP contribution in [0.4, 0.5) is 4.79 Å². The minimum Gasteiger partial charge on any atom is -0.381 e. The average Bonchev–Trinajstić information content (AvgIpc) is 2.54. The van der Waals surface area contributed by atoms with Gasteiger partial charge in [-0.3, -0.25) is 0 Å². The first-order chi connectivity index (χ1) is 10.7. The monoisotopic (exact) mass is 303 g/mol. The van der Waals surface area contributed by atoms with Crippen molar-refractivity contribution in [2.24, 2.45) is 0 Å². The molecule has 5 heteroatoms. The van der Waals surface area contributed by atoms with Crippen molar-refractivity contribution in [3.05, 3.63) is 35.4 Å². The molecule has 2 amide bonds. The summed E-state index contributed by atoms with van der Waals surface area (Å²) in [5, 5.41) is 11.6. The summed E-state index contributed by atoms with van der Waals surface area (Å²) >= 11 is 0. The van der Waals surface area contributed by atoms with Crippen molar-refractivity contribution < 1.29 is 9.53 Å². The molecule has 0 atom stereocenters. The fraction of sp³-hybridized carbons (Fsp3) is 0.529. The van der Waals surface area contributed by atoms with Gasteiger partial charge in [0.1, 0.15) is 0 Å². The normalized spacial score (nSPS) is 10.0. The highest BCUT2D eigenvalue weighted by molar-refractivity contribution is 5.73. The van der Waals surface area contributed by atoms with Crippen molar-refractivity contribution in [1.29, 1.82) is 5.26 Å². The largest absolute Gasteiger partial charge is 0.381 e. The first kappa shape index (κ1) is 18.0. The quantitative estimate of drug-likeness (QED) is 0.713. The average molecular weight is 303 g/mol. The third-order valence-corrected chi connectivity index (χ3v) is 3.23. The number of hydrogen-bond acceptors (Lipinski definition) is 3. The van der Waals surface area contributed by atoms with Crippen molar-refractivity contribution in [3.8, 4) is 6.07 Å². The van der Waals surface area contributed by atoms with Gasteiger partial charge in [-0.1, -0.05) is 25.5 Å². The van der Waals surface area contributed by atoms with E-state index in [1.807, 2.05) is 12.1 Å². The van der Waals surface area contributed by atoms with E-state index in [1.54, 1.807) is 24.1 Å². The molecule has 0 aliphatic carbocycles. The minimum atomic E-state index is -0.0992.